The summed E-state index contributed by atoms with van der Waals surface area (Å²) >= 11 is 0. The van der Waals surface area contributed by atoms with Crippen molar-refractivity contribution in [3.05, 3.63) is 0 Å². The fourth-order valence-electron chi connectivity index (χ4n) is 5.38. The van der Waals surface area contributed by atoms with Gasteiger partial charge in [-0.05, 0) is 73.5 Å². The summed E-state index contributed by atoms with van der Waals surface area (Å²) in [6, 6.07) is 0. The van der Waals surface area contributed by atoms with Crippen LogP contribution in [0.2, 0.25) is 0 Å². The molecule has 168 valence electrons. The van der Waals surface area contributed by atoms with E-state index in [1.165, 1.54) is 6.42 Å². The van der Waals surface area contributed by atoms with E-state index in [0.717, 1.165) is 19.3 Å². The molecule has 0 bridgehead atoms. The molecule has 0 radical (unpaired) electrons. The molecule has 28 heavy (non-hydrogen) atoms. The van der Waals surface area contributed by atoms with Gasteiger partial charge in [-0.15, -0.1) is 0 Å². The van der Waals surface area contributed by atoms with Crippen LogP contribution in [0.15, 0.2) is 0 Å². The van der Waals surface area contributed by atoms with Crippen molar-refractivity contribution in [2.45, 2.75) is 140 Å². The van der Waals surface area contributed by atoms with Crippen LogP contribution in [0.25, 0.3) is 0 Å². The van der Waals surface area contributed by atoms with E-state index < -0.39 is 0 Å². The Kier molecular flexibility index (Phi) is 6.73. The highest BCUT2D eigenvalue weighted by Crippen LogP contribution is 2.57. The molecule has 2 heteroatoms. The van der Waals surface area contributed by atoms with Crippen molar-refractivity contribution < 1.29 is 4.74 Å². The van der Waals surface area contributed by atoms with Gasteiger partial charge < -0.3 is 10.5 Å². The lowest BCUT2D eigenvalue weighted by Gasteiger charge is -2.46. The largest absolute Gasteiger partial charge is 0.366 e. The first-order valence-electron chi connectivity index (χ1n) is 11.4. The third-order valence-corrected chi connectivity index (χ3v) is 8.04. The Morgan fingerprint density at radius 2 is 1.18 bits per heavy atom. The number of epoxide rings is 1. The lowest BCUT2D eigenvalue weighted by Crippen LogP contribution is -2.49. The molecule has 1 rings (SSSR count). The minimum Gasteiger partial charge on any atom is -0.366 e. The van der Waals surface area contributed by atoms with Crippen LogP contribution >= 0.6 is 0 Å². The van der Waals surface area contributed by atoms with Crippen molar-refractivity contribution >= 4 is 0 Å². The first-order valence-corrected chi connectivity index (χ1v) is 11.4. The molecule has 1 heterocycles. The fourth-order valence-corrected chi connectivity index (χ4v) is 5.38. The maximum absolute atomic E-state index is 6.47. The average Bonchev–Trinajstić information content (AvgIpc) is 2.89. The molecular formula is C26H53NO. The second kappa shape index (κ2) is 7.26. The van der Waals surface area contributed by atoms with Gasteiger partial charge in [0.25, 0.3) is 0 Å². The average molecular weight is 396 g/mol. The zero-order valence-electron chi connectivity index (χ0n) is 21.9. The van der Waals surface area contributed by atoms with Crippen LogP contribution in [0, 0.1) is 27.1 Å². The van der Waals surface area contributed by atoms with Crippen LogP contribution in [0.3, 0.4) is 0 Å². The van der Waals surface area contributed by atoms with Gasteiger partial charge in [-0.1, -0.05) is 76.2 Å². The molecule has 2 unspecified atom stereocenters. The Morgan fingerprint density at radius 3 is 1.57 bits per heavy atom. The summed E-state index contributed by atoms with van der Waals surface area (Å²) in [5.74, 6) is 0. The van der Waals surface area contributed by atoms with E-state index in [9.17, 15) is 0 Å². The third-order valence-electron chi connectivity index (χ3n) is 8.04. The third kappa shape index (κ3) is 6.46. The minimum absolute atomic E-state index is 0.0122. The van der Waals surface area contributed by atoms with E-state index in [0.29, 0.717) is 11.5 Å². The highest BCUT2D eigenvalue weighted by molar-refractivity contribution is 5.07. The maximum Gasteiger partial charge on any atom is 0.0926 e. The molecule has 2 N–H and O–H groups in total. The van der Waals surface area contributed by atoms with Crippen LogP contribution in [-0.4, -0.2) is 17.2 Å². The highest BCUT2D eigenvalue weighted by Gasteiger charge is 2.58. The lowest BCUT2D eigenvalue weighted by molar-refractivity contribution is 0.0308. The molecule has 1 aliphatic heterocycles. The summed E-state index contributed by atoms with van der Waals surface area (Å²) in [5.41, 5.74) is 7.45. The fraction of sp³-hybridized carbons (Fsp3) is 1.00. The Bertz CT molecular complexity index is 542. The molecule has 0 aliphatic carbocycles. The molecule has 0 aromatic carbocycles. The van der Waals surface area contributed by atoms with Gasteiger partial charge in [0.15, 0.2) is 0 Å². The quantitative estimate of drug-likeness (QED) is 0.408. The van der Waals surface area contributed by atoms with E-state index in [1.807, 2.05) is 0 Å². The van der Waals surface area contributed by atoms with E-state index in [-0.39, 0.29) is 32.8 Å². The predicted octanol–water partition coefficient (Wildman–Crippen LogP) is 7.59. The summed E-state index contributed by atoms with van der Waals surface area (Å²) < 4.78 is 6.37. The van der Waals surface area contributed by atoms with Crippen molar-refractivity contribution in [1.29, 1.82) is 0 Å². The monoisotopic (exact) mass is 395 g/mol. The first kappa shape index (κ1) is 26.0. The number of rotatable bonds is 9. The summed E-state index contributed by atoms with van der Waals surface area (Å²) in [4.78, 5) is 0. The highest BCUT2D eigenvalue weighted by atomic mass is 16.6. The maximum atomic E-state index is 6.47. The normalized spacial score (nSPS) is 25.2. The summed E-state index contributed by atoms with van der Waals surface area (Å²) in [5, 5.41) is 0. The summed E-state index contributed by atoms with van der Waals surface area (Å²) in [6.45, 7) is 32.8. The van der Waals surface area contributed by atoms with Crippen LogP contribution in [0.1, 0.15) is 123 Å². The zero-order chi connectivity index (χ0) is 22.6. The molecule has 0 aromatic rings. The molecule has 1 saturated heterocycles. The second-order valence-corrected chi connectivity index (χ2v) is 14.8. The standard InChI is InChI=1S/C26H53NO/c1-20(2,3)16-22(6,7)23(8,9)18-26(14)19(28-26)15-21(4,5)17-24(10,11)25(12,13)27/h19H,15-18,27H2,1-14H3. The molecule has 0 amide bonds. The number of ether oxygens (including phenoxy) is 1. The molecule has 2 nitrogen and oxygen atoms in total. The van der Waals surface area contributed by atoms with Crippen LogP contribution in [0.5, 0.6) is 0 Å². The molecule has 1 aliphatic rings. The Labute approximate surface area is 177 Å². The Balaban J connectivity index is 2.80. The van der Waals surface area contributed by atoms with Crippen LogP contribution in [0.4, 0.5) is 0 Å². The van der Waals surface area contributed by atoms with Gasteiger partial charge in [0.1, 0.15) is 0 Å². The van der Waals surface area contributed by atoms with Gasteiger partial charge in [0.05, 0.1) is 11.7 Å². The molecule has 0 aromatic heterocycles. The van der Waals surface area contributed by atoms with Crippen molar-refractivity contribution in [3.63, 3.8) is 0 Å². The van der Waals surface area contributed by atoms with Gasteiger partial charge in [0.2, 0.25) is 0 Å². The summed E-state index contributed by atoms with van der Waals surface area (Å²) in [6.07, 6.45) is 4.93. The van der Waals surface area contributed by atoms with Gasteiger partial charge in [-0.3, -0.25) is 0 Å². The number of hydrogen-bond acceptors (Lipinski definition) is 2. The number of hydrogen-bond donors (Lipinski definition) is 1. The minimum atomic E-state index is -0.184. The Morgan fingerprint density at radius 1 is 0.714 bits per heavy atom. The molecular weight excluding hydrogens is 342 g/mol. The van der Waals surface area contributed by atoms with Gasteiger partial charge in [0, 0.05) is 5.54 Å². The predicted molar refractivity (Wildman–Crippen MR) is 125 cm³/mol. The SMILES string of the molecule is CC(C)(C)CC(C)(C)C(C)(C)CC1(C)OC1CC(C)(C)CC(C)(C)C(C)(C)N. The van der Waals surface area contributed by atoms with Gasteiger partial charge in [-0.25, -0.2) is 0 Å². The number of nitrogens with two attached hydrogens (primary N) is 1. The van der Waals surface area contributed by atoms with Crippen molar-refractivity contribution in [2.24, 2.45) is 32.8 Å². The van der Waals surface area contributed by atoms with E-state index in [2.05, 4.69) is 96.9 Å². The second-order valence-electron chi connectivity index (χ2n) is 14.8. The zero-order valence-corrected chi connectivity index (χ0v) is 21.9. The van der Waals surface area contributed by atoms with Gasteiger partial charge in [-0.2, -0.15) is 0 Å². The van der Waals surface area contributed by atoms with Crippen molar-refractivity contribution in [3.8, 4) is 0 Å². The Hall–Kier alpha value is -0.0800. The van der Waals surface area contributed by atoms with Gasteiger partial charge >= 0.3 is 0 Å². The van der Waals surface area contributed by atoms with Crippen LogP contribution < -0.4 is 5.73 Å². The van der Waals surface area contributed by atoms with E-state index >= 15 is 0 Å². The van der Waals surface area contributed by atoms with Crippen molar-refractivity contribution in [2.75, 3.05) is 0 Å². The van der Waals surface area contributed by atoms with E-state index in [1.54, 1.807) is 0 Å². The molecule has 2 atom stereocenters. The topological polar surface area (TPSA) is 38.5 Å². The van der Waals surface area contributed by atoms with Crippen molar-refractivity contribution in [1.82, 2.24) is 0 Å². The summed E-state index contributed by atoms with van der Waals surface area (Å²) in [7, 11) is 0. The molecule has 0 spiro atoms. The first-order chi connectivity index (χ1) is 11.9. The molecule has 1 fully saturated rings. The van der Waals surface area contributed by atoms with E-state index in [4.69, 9.17) is 10.5 Å². The smallest absolute Gasteiger partial charge is 0.0926 e. The molecule has 0 saturated carbocycles. The van der Waals surface area contributed by atoms with Crippen LogP contribution in [-0.2, 0) is 4.74 Å². The lowest BCUT2D eigenvalue weighted by atomic mass is 9.58.